The molecule has 0 saturated heterocycles. The molecule has 1 atom stereocenters. The van der Waals surface area contributed by atoms with Gasteiger partial charge in [-0.3, -0.25) is 4.79 Å². The van der Waals surface area contributed by atoms with E-state index >= 15 is 0 Å². The molecule has 1 unspecified atom stereocenters. The third-order valence-electron chi connectivity index (χ3n) is 2.66. The minimum atomic E-state index is -0.540. The Morgan fingerprint density at radius 2 is 2.06 bits per heavy atom. The van der Waals surface area contributed by atoms with Gasteiger partial charge in [0, 0.05) is 18.2 Å². The van der Waals surface area contributed by atoms with E-state index in [0.29, 0.717) is 17.9 Å². The summed E-state index contributed by atoms with van der Waals surface area (Å²) < 4.78 is 5.11. The van der Waals surface area contributed by atoms with Gasteiger partial charge in [0.2, 0.25) is 0 Å². The molecule has 0 radical (unpaired) electrons. The highest BCUT2D eigenvalue weighted by molar-refractivity contribution is 5.94. The van der Waals surface area contributed by atoms with Gasteiger partial charge in [-0.05, 0) is 39.0 Å². The standard InChI is InChI=1S/C14H21NO3/c1-10(2)15(9-11(3)16)14(17)12-6-5-7-13(8-12)18-4/h5-8,10-11,16H,9H2,1-4H3. The molecule has 1 amide bonds. The molecule has 0 aliphatic heterocycles. The number of ether oxygens (including phenoxy) is 1. The average molecular weight is 251 g/mol. The summed E-state index contributed by atoms with van der Waals surface area (Å²) in [5.41, 5.74) is 0.573. The van der Waals surface area contributed by atoms with Crippen molar-refractivity contribution in [2.75, 3.05) is 13.7 Å². The molecule has 0 bridgehead atoms. The van der Waals surface area contributed by atoms with Crippen LogP contribution in [0.4, 0.5) is 0 Å². The summed E-state index contributed by atoms with van der Waals surface area (Å²) in [6.45, 7) is 5.86. The number of methoxy groups -OCH3 is 1. The maximum Gasteiger partial charge on any atom is 0.254 e. The smallest absolute Gasteiger partial charge is 0.254 e. The van der Waals surface area contributed by atoms with Gasteiger partial charge in [-0.25, -0.2) is 0 Å². The summed E-state index contributed by atoms with van der Waals surface area (Å²) >= 11 is 0. The Kier molecular flexibility index (Phi) is 5.16. The Bertz CT molecular complexity index is 402. The maximum absolute atomic E-state index is 12.3. The lowest BCUT2D eigenvalue weighted by Gasteiger charge is -2.28. The number of hydrogen-bond acceptors (Lipinski definition) is 3. The SMILES string of the molecule is COc1cccc(C(=O)N(CC(C)O)C(C)C)c1. The van der Waals surface area contributed by atoms with E-state index in [-0.39, 0.29) is 11.9 Å². The van der Waals surface area contributed by atoms with Crippen LogP contribution in [0.2, 0.25) is 0 Å². The highest BCUT2D eigenvalue weighted by Gasteiger charge is 2.20. The van der Waals surface area contributed by atoms with Crippen molar-refractivity contribution in [2.24, 2.45) is 0 Å². The topological polar surface area (TPSA) is 49.8 Å². The molecule has 4 nitrogen and oxygen atoms in total. The number of aliphatic hydroxyl groups excluding tert-OH is 1. The van der Waals surface area contributed by atoms with Crippen LogP contribution in [0.5, 0.6) is 5.75 Å². The minimum absolute atomic E-state index is 0.0401. The molecule has 100 valence electrons. The first-order chi connectivity index (χ1) is 8.45. The largest absolute Gasteiger partial charge is 0.497 e. The Labute approximate surface area is 108 Å². The van der Waals surface area contributed by atoms with Gasteiger partial charge in [0.1, 0.15) is 5.75 Å². The molecular formula is C14H21NO3. The predicted molar refractivity (Wildman–Crippen MR) is 70.8 cm³/mol. The van der Waals surface area contributed by atoms with E-state index < -0.39 is 6.10 Å². The van der Waals surface area contributed by atoms with E-state index in [1.54, 1.807) is 43.2 Å². The summed E-state index contributed by atoms with van der Waals surface area (Å²) in [4.78, 5) is 14.0. The summed E-state index contributed by atoms with van der Waals surface area (Å²) in [6, 6.07) is 7.08. The first-order valence-electron chi connectivity index (χ1n) is 6.08. The van der Waals surface area contributed by atoms with Crippen molar-refractivity contribution in [3.05, 3.63) is 29.8 Å². The number of rotatable bonds is 5. The number of benzene rings is 1. The predicted octanol–water partition coefficient (Wildman–Crippen LogP) is 1.93. The number of carbonyl (C=O) groups excluding carboxylic acids is 1. The van der Waals surface area contributed by atoms with Crippen LogP contribution in [-0.2, 0) is 0 Å². The van der Waals surface area contributed by atoms with Crippen LogP contribution in [0.15, 0.2) is 24.3 Å². The molecule has 0 spiro atoms. The molecule has 1 rings (SSSR count). The van der Waals surface area contributed by atoms with E-state index in [2.05, 4.69) is 0 Å². The van der Waals surface area contributed by atoms with Crippen molar-refractivity contribution < 1.29 is 14.6 Å². The third kappa shape index (κ3) is 3.74. The van der Waals surface area contributed by atoms with Crippen LogP contribution < -0.4 is 4.74 Å². The second-order valence-corrected chi connectivity index (χ2v) is 4.63. The second kappa shape index (κ2) is 6.40. The van der Waals surface area contributed by atoms with Crippen LogP contribution in [0.1, 0.15) is 31.1 Å². The van der Waals surface area contributed by atoms with Gasteiger partial charge in [-0.2, -0.15) is 0 Å². The Morgan fingerprint density at radius 1 is 1.39 bits per heavy atom. The normalized spacial score (nSPS) is 12.3. The van der Waals surface area contributed by atoms with E-state index in [0.717, 1.165) is 0 Å². The van der Waals surface area contributed by atoms with Crippen molar-refractivity contribution in [2.45, 2.75) is 32.9 Å². The Morgan fingerprint density at radius 3 is 2.56 bits per heavy atom. The molecule has 0 aromatic heterocycles. The fourth-order valence-electron chi connectivity index (χ4n) is 1.73. The highest BCUT2D eigenvalue weighted by atomic mass is 16.5. The zero-order valence-corrected chi connectivity index (χ0v) is 11.4. The summed E-state index contributed by atoms with van der Waals surface area (Å²) in [5, 5.41) is 9.45. The quantitative estimate of drug-likeness (QED) is 0.870. The molecule has 18 heavy (non-hydrogen) atoms. The van der Waals surface area contributed by atoms with Crippen molar-refractivity contribution in [1.82, 2.24) is 4.90 Å². The first kappa shape index (κ1) is 14.5. The number of nitrogens with zero attached hydrogens (tertiary/aromatic N) is 1. The molecule has 0 fully saturated rings. The molecule has 0 heterocycles. The Balaban J connectivity index is 2.94. The molecule has 1 aromatic carbocycles. The van der Waals surface area contributed by atoms with Gasteiger partial charge < -0.3 is 14.7 Å². The van der Waals surface area contributed by atoms with Crippen molar-refractivity contribution in [3.63, 3.8) is 0 Å². The third-order valence-corrected chi connectivity index (χ3v) is 2.66. The molecule has 1 N–H and O–H groups in total. The van der Waals surface area contributed by atoms with Crippen LogP contribution in [0.3, 0.4) is 0 Å². The second-order valence-electron chi connectivity index (χ2n) is 4.63. The van der Waals surface area contributed by atoms with Crippen LogP contribution >= 0.6 is 0 Å². The van der Waals surface area contributed by atoms with E-state index in [4.69, 9.17) is 4.74 Å². The molecular weight excluding hydrogens is 230 g/mol. The van der Waals surface area contributed by atoms with Crippen molar-refractivity contribution >= 4 is 5.91 Å². The van der Waals surface area contributed by atoms with Crippen molar-refractivity contribution in [1.29, 1.82) is 0 Å². The Hall–Kier alpha value is -1.55. The van der Waals surface area contributed by atoms with Crippen LogP contribution in [0, 0.1) is 0 Å². The lowest BCUT2D eigenvalue weighted by molar-refractivity contribution is 0.0578. The van der Waals surface area contributed by atoms with Crippen LogP contribution in [0.25, 0.3) is 0 Å². The zero-order chi connectivity index (χ0) is 13.7. The fraction of sp³-hybridized carbons (Fsp3) is 0.500. The van der Waals surface area contributed by atoms with Gasteiger partial charge in [-0.1, -0.05) is 6.07 Å². The highest BCUT2D eigenvalue weighted by Crippen LogP contribution is 2.16. The maximum atomic E-state index is 12.3. The van der Waals surface area contributed by atoms with Gasteiger partial charge in [0.25, 0.3) is 5.91 Å². The fourth-order valence-corrected chi connectivity index (χ4v) is 1.73. The first-order valence-corrected chi connectivity index (χ1v) is 6.08. The van der Waals surface area contributed by atoms with Crippen molar-refractivity contribution in [3.8, 4) is 5.75 Å². The van der Waals surface area contributed by atoms with Gasteiger partial charge in [0.05, 0.1) is 13.2 Å². The van der Waals surface area contributed by atoms with E-state index in [1.807, 2.05) is 13.8 Å². The number of amides is 1. The molecule has 0 saturated carbocycles. The van der Waals surface area contributed by atoms with Crippen LogP contribution in [-0.4, -0.2) is 41.7 Å². The number of carbonyl (C=O) groups is 1. The van der Waals surface area contributed by atoms with Gasteiger partial charge in [0.15, 0.2) is 0 Å². The number of aliphatic hydroxyl groups is 1. The molecule has 4 heteroatoms. The summed E-state index contributed by atoms with van der Waals surface area (Å²) in [5.74, 6) is 0.561. The summed E-state index contributed by atoms with van der Waals surface area (Å²) in [7, 11) is 1.57. The zero-order valence-electron chi connectivity index (χ0n) is 11.4. The minimum Gasteiger partial charge on any atom is -0.497 e. The lowest BCUT2D eigenvalue weighted by atomic mass is 10.1. The molecule has 0 aliphatic carbocycles. The van der Waals surface area contributed by atoms with E-state index in [1.165, 1.54) is 0 Å². The lowest BCUT2D eigenvalue weighted by Crippen LogP contribution is -2.41. The monoisotopic (exact) mass is 251 g/mol. The average Bonchev–Trinajstić information content (AvgIpc) is 2.34. The molecule has 0 aliphatic rings. The van der Waals surface area contributed by atoms with Gasteiger partial charge >= 0.3 is 0 Å². The number of hydrogen-bond donors (Lipinski definition) is 1. The summed E-state index contributed by atoms with van der Waals surface area (Å²) in [6.07, 6.45) is -0.540. The van der Waals surface area contributed by atoms with Gasteiger partial charge in [-0.15, -0.1) is 0 Å². The van der Waals surface area contributed by atoms with E-state index in [9.17, 15) is 9.90 Å². The molecule has 1 aromatic rings.